The van der Waals surface area contributed by atoms with Crippen LogP contribution >= 0.6 is 0 Å². The highest BCUT2D eigenvalue weighted by atomic mass is 16.5. The second kappa shape index (κ2) is 7.29. The molecule has 0 fully saturated rings. The highest BCUT2D eigenvalue weighted by Crippen LogP contribution is 2.38. The van der Waals surface area contributed by atoms with Gasteiger partial charge in [-0.2, -0.15) is 5.26 Å². The summed E-state index contributed by atoms with van der Waals surface area (Å²) < 4.78 is 20.9. The lowest BCUT2D eigenvalue weighted by atomic mass is 10.0. The fourth-order valence-electron chi connectivity index (χ4n) is 1.71. The summed E-state index contributed by atoms with van der Waals surface area (Å²) in [5, 5.41) is 9.00. The monoisotopic (exact) mass is 277 g/mol. The normalized spacial score (nSPS) is 10.9. The van der Waals surface area contributed by atoms with Gasteiger partial charge in [0, 0.05) is 11.6 Å². The Bertz CT molecular complexity index is 529. The Hall–Kier alpha value is -2.35. The molecule has 5 heteroatoms. The lowest BCUT2D eigenvalue weighted by Crippen LogP contribution is -2.01. The first-order chi connectivity index (χ1) is 9.57. The van der Waals surface area contributed by atoms with Gasteiger partial charge in [0.1, 0.15) is 18.1 Å². The zero-order valence-electron chi connectivity index (χ0n) is 12.4. The minimum Gasteiger partial charge on any atom is -0.500 e. The van der Waals surface area contributed by atoms with Gasteiger partial charge in [0.15, 0.2) is 11.5 Å². The Kier molecular flexibility index (Phi) is 5.73. The number of nitriles is 1. The Balaban J connectivity index is 3.29. The topological polar surface area (TPSA) is 60.7 Å². The molecule has 0 atom stereocenters. The van der Waals surface area contributed by atoms with E-state index in [0.717, 1.165) is 5.56 Å². The Labute approximate surface area is 119 Å². The van der Waals surface area contributed by atoms with Crippen LogP contribution in [0.3, 0.4) is 0 Å². The molecule has 0 aliphatic carbocycles. The first kappa shape index (κ1) is 15.7. The molecule has 0 aliphatic heterocycles. The molecule has 0 heterocycles. The minimum absolute atomic E-state index is 0.0709. The SMILES string of the molecule is COC=C(C#N)Oc1cc(OC)c(OC)cc1C(C)C. The molecule has 0 aliphatic rings. The molecule has 0 radical (unpaired) electrons. The summed E-state index contributed by atoms with van der Waals surface area (Å²) in [6.45, 7) is 4.06. The van der Waals surface area contributed by atoms with Crippen molar-refractivity contribution in [3.63, 3.8) is 0 Å². The van der Waals surface area contributed by atoms with Crippen molar-refractivity contribution < 1.29 is 18.9 Å². The maximum Gasteiger partial charge on any atom is 0.238 e. The van der Waals surface area contributed by atoms with Crippen molar-refractivity contribution in [2.24, 2.45) is 0 Å². The van der Waals surface area contributed by atoms with Gasteiger partial charge >= 0.3 is 0 Å². The van der Waals surface area contributed by atoms with Gasteiger partial charge in [0.05, 0.1) is 21.3 Å². The van der Waals surface area contributed by atoms with E-state index in [2.05, 4.69) is 0 Å². The number of ether oxygens (including phenoxy) is 4. The maximum absolute atomic E-state index is 9.00. The standard InChI is InChI=1S/C15H19NO4/c1-10(2)12-6-14(18-4)15(19-5)7-13(12)20-11(8-16)9-17-3/h6-7,9-10H,1-5H3. The summed E-state index contributed by atoms with van der Waals surface area (Å²) >= 11 is 0. The summed E-state index contributed by atoms with van der Waals surface area (Å²) in [5.74, 6) is 1.98. The zero-order valence-corrected chi connectivity index (χ0v) is 12.4. The van der Waals surface area contributed by atoms with Gasteiger partial charge < -0.3 is 18.9 Å². The summed E-state index contributed by atoms with van der Waals surface area (Å²) in [6, 6.07) is 5.48. The van der Waals surface area contributed by atoms with Crippen LogP contribution in [0.1, 0.15) is 25.3 Å². The van der Waals surface area contributed by atoms with Crippen molar-refractivity contribution in [2.45, 2.75) is 19.8 Å². The molecule has 0 unspecified atom stereocenters. The molecular weight excluding hydrogens is 258 g/mol. The van der Waals surface area contributed by atoms with Crippen LogP contribution in [-0.2, 0) is 4.74 Å². The summed E-state index contributed by atoms with van der Waals surface area (Å²) in [7, 11) is 4.58. The lowest BCUT2D eigenvalue weighted by Gasteiger charge is -2.17. The van der Waals surface area contributed by atoms with Crippen molar-refractivity contribution in [3.05, 3.63) is 29.7 Å². The highest BCUT2D eigenvalue weighted by Gasteiger charge is 2.16. The summed E-state index contributed by atoms with van der Waals surface area (Å²) in [6.07, 6.45) is 1.25. The number of allylic oxidation sites excluding steroid dienone is 1. The smallest absolute Gasteiger partial charge is 0.238 e. The van der Waals surface area contributed by atoms with Gasteiger partial charge in [0.25, 0.3) is 0 Å². The van der Waals surface area contributed by atoms with Crippen LogP contribution in [0.4, 0.5) is 0 Å². The van der Waals surface area contributed by atoms with Crippen LogP contribution in [0, 0.1) is 11.3 Å². The van der Waals surface area contributed by atoms with E-state index in [0.29, 0.717) is 17.2 Å². The average Bonchev–Trinajstić information content (AvgIpc) is 2.45. The fraction of sp³-hybridized carbons (Fsp3) is 0.400. The fourth-order valence-corrected chi connectivity index (χ4v) is 1.71. The molecule has 1 aromatic rings. The van der Waals surface area contributed by atoms with Crippen LogP contribution < -0.4 is 14.2 Å². The lowest BCUT2D eigenvalue weighted by molar-refractivity contribution is 0.308. The molecule has 1 aromatic carbocycles. The maximum atomic E-state index is 9.00. The average molecular weight is 277 g/mol. The molecule has 5 nitrogen and oxygen atoms in total. The van der Waals surface area contributed by atoms with E-state index in [9.17, 15) is 0 Å². The van der Waals surface area contributed by atoms with Crippen molar-refractivity contribution in [2.75, 3.05) is 21.3 Å². The number of hydrogen-bond donors (Lipinski definition) is 0. The molecule has 0 saturated carbocycles. The molecule has 0 spiro atoms. The quantitative estimate of drug-likeness (QED) is 0.590. The first-order valence-electron chi connectivity index (χ1n) is 6.14. The van der Waals surface area contributed by atoms with Crippen molar-refractivity contribution in [1.29, 1.82) is 5.26 Å². The van der Waals surface area contributed by atoms with Gasteiger partial charge in [-0.1, -0.05) is 13.8 Å². The van der Waals surface area contributed by atoms with Gasteiger partial charge in [0.2, 0.25) is 5.76 Å². The molecule has 0 saturated heterocycles. The molecule has 108 valence electrons. The predicted molar refractivity (Wildman–Crippen MR) is 75.0 cm³/mol. The Morgan fingerprint density at radius 1 is 1.10 bits per heavy atom. The van der Waals surface area contributed by atoms with E-state index in [-0.39, 0.29) is 11.7 Å². The molecular formula is C15H19NO4. The minimum atomic E-state index is 0.0709. The third-order valence-corrected chi connectivity index (χ3v) is 2.69. The summed E-state index contributed by atoms with van der Waals surface area (Å²) in [4.78, 5) is 0. The van der Waals surface area contributed by atoms with Crippen LogP contribution in [0.2, 0.25) is 0 Å². The third-order valence-electron chi connectivity index (χ3n) is 2.69. The molecule has 20 heavy (non-hydrogen) atoms. The van der Waals surface area contributed by atoms with Gasteiger partial charge in [-0.3, -0.25) is 0 Å². The number of methoxy groups -OCH3 is 3. The predicted octanol–water partition coefficient (Wildman–Crippen LogP) is 3.22. The van der Waals surface area contributed by atoms with E-state index in [4.69, 9.17) is 24.2 Å². The van der Waals surface area contributed by atoms with Gasteiger partial charge in [-0.05, 0) is 12.0 Å². The highest BCUT2D eigenvalue weighted by molar-refractivity contribution is 5.52. The largest absolute Gasteiger partial charge is 0.500 e. The van der Waals surface area contributed by atoms with Crippen LogP contribution in [0.15, 0.2) is 24.2 Å². The van der Waals surface area contributed by atoms with Crippen LogP contribution in [0.5, 0.6) is 17.2 Å². The van der Waals surface area contributed by atoms with Crippen molar-refractivity contribution in [1.82, 2.24) is 0 Å². The van der Waals surface area contributed by atoms with Gasteiger partial charge in [-0.25, -0.2) is 0 Å². The van der Waals surface area contributed by atoms with E-state index in [1.54, 1.807) is 20.3 Å². The molecule has 1 rings (SSSR count). The molecule has 0 bridgehead atoms. The number of nitrogens with zero attached hydrogens (tertiary/aromatic N) is 1. The van der Waals surface area contributed by atoms with E-state index >= 15 is 0 Å². The third kappa shape index (κ3) is 3.58. The molecule has 0 amide bonds. The Morgan fingerprint density at radius 2 is 1.70 bits per heavy atom. The second-order valence-electron chi connectivity index (χ2n) is 4.33. The van der Waals surface area contributed by atoms with Crippen molar-refractivity contribution >= 4 is 0 Å². The van der Waals surface area contributed by atoms with Gasteiger partial charge in [-0.15, -0.1) is 0 Å². The second-order valence-corrected chi connectivity index (χ2v) is 4.33. The summed E-state index contributed by atoms with van der Waals surface area (Å²) in [5.41, 5.74) is 0.917. The Morgan fingerprint density at radius 3 is 2.15 bits per heavy atom. The van der Waals surface area contributed by atoms with Crippen LogP contribution in [-0.4, -0.2) is 21.3 Å². The number of hydrogen-bond acceptors (Lipinski definition) is 5. The number of rotatable bonds is 6. The van der Waals surface area contributed by atoms with E-state index in [1.807, 2.05) is 26.0 Å². The number of benzene rings is 1. The molecule has 0 N–H and O–H groups in total. The molecule has 0 aromatic heterocycles. The zero-order chi connectivity index (χ0) is 15.1. The van der Waals surface area contributed by atoms with Crippen molar-refractivity contribution in [3.8, 4) is 23.3 Å². The van der Waals surface area contributed by atoms with E-state index < -0.39 is 0 Å². The first-order valence-corrected chi connectivity index (χ1v) is 6.14. The van der Waals surface area contributed by atoms with Crippen LogP contribution in [0.25, 0.3) is 0 Å². The van der Waals surface area contributed by atoms with E-state index in [1.165, 1.54) is 13.4 Å².